The maximum absolute atomic E-state index is 11.1. The first kappa shape index (κ1) is 14.7. The van der Waals surface area contributed by atoms with E-state index in [1.807, 2.05) is 0 Å². The summed E-state index contributed by atoms with van der Waals surface area (Å²) in [6.07, 6.45) is 2.81. The second-order valence-electron chi connectivity index (χ2n) is 5.53. The van der Waals surface area contributed by atoms with E-state index < -0.39 is 10.8 Å². The number of piperazine rings is 1. The van der Waals surface area contributed by atoms with Crippen molar-refractivity contribution in [2.24, 2.45) is 0 Å². The Kier molecular flexibility index (Phi) is 5.13. The molecule has 0 saturated carbocycles. The smallest absolute Gasteiger partial charge is 0.0535 e. The van der Waals surface area contributed by atoms with Gasteiger partial charge in [-0.05, 0) is 25.5 Å². The molecule has 2 atom stereocenters. The summed E-state index contributed by atoms with van der Waals surface area (Å²) in [5, 5.41) is 3.64. The van der Waals surface area contributed by atoms with E-state index >= 15 is 0 Å². The quantitative estimate of drug-likeness (QED) is 0.889. The molecular weight excluding hydrogens is 256 g/mol. The third kappa shape index (κ3) is 4.13. The summed E-state index contributed by atoms with van der Waals surface area (Å²) in [7, 11) is -0.667. The van der Waals surface area contributed by atoms with Crippen molar-refractivity contribution >= 4 is 10.8 Å². The number of rotatable bonds is 5. The highest BCUT2D eigenvalue weighted by Crippen LogP contribution is 2.24. The van der Waals surface area contributed by atoms with E-state index in [1.165, 1.54) is 5.56 Å². The van der Waals surface area contributed by atoms with Gasteiger partial charge in [-0.3, -0.25) is 9.11 Å². The fourth-order valence-corrected chi connectivity index (χ4v) is 3.29. The predicted molar refractivity (Wildman–Crippen MR) is 81.8 cm³/mol. The van der Waals surface area contributed by atoms with Gasteiger partial charge in [0.1, 0.15) is 0 Å². The SMILES string of the molecule is CS(=O)CCCN1CCNC(C)(c2ccccc2)C1. The van der Waals surface area contributed by atoms with Crippen molar-refractivity contribution < 1.29 is 4.21 Å². The minimum absolute atomic E-state index is 0.0326. The topological polar surface area (TPSA) is 32.3 Å². The fourth-order valence-electron chi connectivity index (χ4n) is 2.75. The largest absolute Gasteiger partial charge is 0.305 e. The van der Waals surface area contributed by atoms with Crippen molar-refractivity contribution in [1.82, 2.24) is 10.2 Å². The van der Waals surface area contributed by atoms with Crippen molar-refractivity contribution in [1.29, 1.82) is 0 Å². The van der Waals surface area contributed by atoms with Crippen LogP contribution in [0.3, 0.4) is 0 Å². The molecule has 1 fully saturated rings. The van der Waals surface area contributed by atoms with Crippen molar-refractivity contribution in [2.45, 2.75) is 18.9 Å². The van der Waals surface area contributed by atoms with Crippen LogP contribution >= 0.6 is 0 Å². The lowest BCUT2D eigenvalue weighted by Crippen LogP contribution is -2.56. The van der Waals surface area contributed by atoms with Crippen molar-refractivity contribution in [3.8, 4) is 0 Å². The number of hydrogen-bond donors (Lipinski definition) is 1. The first-order valence-electron chi connectivity index (χ1n) is 6.93. The lowest BCUT2D eigenvalue weighted by molar-refractivity contribution is 0.143. The van der Waals surface area contributed by atoms with Crippen LogP contribution < -0.4 is 5.32 Å². The molecule has 1 saturated heterocycles. The van der Waals surface area contributed by atoms with Gasteiger partial charge in [0, 0.05) is 42.4 Å². The molecule has 19 heavy (non-hydrogen) atoms. The van der Waals surface area contributed by atoms with Gasteiger partial charge < -0.3 is 5.32 Å². The molecule has 0 radical (unpaired) electrons. The van der Waals surface area contributed by atoms with E-state index in [9.17, 15) is 4.21 Å². The Morgan fingerprint density at radius 2 is 2.11 bits per heavy atom. The Labute approximate surface area is 118 Å². The van der Waals surface area contributed by atoms with E-state index in [0.717, 1.165) is 38.4 Å². The average Bonchev–Trinajstić information content (AvgIpc) is 2.39. The monoisotopic (exact) mass is 280 g/mol. The van der Waals surface area contributed by atoms with Crippen LogP contribution in [0.4, 0.5) is 0 Å². The molecule has 1 aromatic carbocycles. The molecule has 0 aromatic heterocycles. The molecule has 2 rings (SSSR count). The second kappa shape index (κ2) is 6.64. The molecule has 1 heterocycles. The van der Waals surface area contributed by atoms with Crippen LogP contribution in [0.5, 0.6) is 0 Å². The molecule has 0 spiro atoms. The lowest BCUT2D eigenvalue weighted by Gasteiger charge is -2.42. The van der Waals surface area contributed by atoms with Crippen LogP contribution in [0.2, 0.25) is 0 Å². The number of benzene rings is 1. The zero-order valence-corrected chi connectivity index (χ0v) is 12.7. The van der Waals surface area contributed by atoms with Gasteiger partial charge >= 0.3 is 0 Å². The van der Waals surface area contributed by atoms with Crippen LogP contribution in [-0.4, -0.2) is 47.3 Å². The highest BCUT2D eigenvalue weighted by Gasteiger charge is 2.31. The average molecular weight is 280 g/mol. The Morgan fingerprint density at radius 3 is 2.79 bits per heavy atom. The first-order chi connectivity index (χ1) is 9.10. The molecule has 0 bridgehead atoms. The lowest BCUT2D eigenvalue weighted by atomic mass is 9.89. The van der Waals surface area contributed by atoms with Gasteiger partial charge in [0.2, 0.25) is 0 Å². The van der Waals surface area contributed by atoms with Gasteiger partial charge in [-0.2, -0.15) is 0 Å². The predicted octanol–water partition coefficient (Wildman–Crippen LogP) is 1.58. The van der Waals surface area contributed by atoms with E-state index in [0.29, 0.717) is 0 Å². The molecule has 4 heteroatoms. The summed E-state index contributed by atoms with van der Waals surface area (Å²) in [5.41, 5.74) is 1.38. The summed E-state index contributed by atoms with van der Waals surface area (Å²) in [6.45, 7) is 6.43. The van der Waals surface area contributed by atoms with Gasteiger partial charge in [-0.25, -0.2) is 0 Å². The molecule has 0 aliphatic carbocycles. The second-order valence-corrected chi connectivity index (χ2v) is 7.09. The number of nitrogens with zero attached hydrogens (tertiary/aromatic N) is 1. The minimum atomic E-state index is -0.667. The van der Waals surface area contributed by atoms with Crippen molar-refractivity contribution in [2.75, 3.05) is 38.2 Å². The maximum atomic E-state index is 11.1. The molecule has 1 aliphatic rings. The first-order valence-corrected chi connectivity index (χ1v) is 8.66. The van der Waals surface area contributed by atoms with Gasteiger partial charge in [0.05, 0.1) is 5.54 Å². The van der Waals surface area contributed by atoms with E-state index in [1.54, 1.807) is 6.26 Å². The summed E-state index contributed by atoms with van der Waals surface area (Å²) in [6, 6.07) is 10.6. The number of hydrogen-bond acceptors (Lipinski definition) is 3. The molecular formula is C15H24N2OS. The third-order valence-corrected chi connectivity index (χ3v) is 4.66. The van der Waals surface area contributed by atoms with Crippen molar-refractivity contribution in [3.63, 3.8) is 0 Å². The van der Waals surface area contributed by atoms with Gasteiger partial charge in [0.25, 0.3) is 0 Å². The minimum Gasteiger partial charge on any atom is -0.305 e. The Balaban J connectivity index is 1.94. The van der Waals surface area contributed by atoms with Crippen LogP contribution in [0.15, 0.2) is 30.3 Å². The van der Waals surface area contributed by atoms with E-state index in [2.05, 4.69) is 47.5 Å². The summed E-state index contributed by atoms with van der Waals surface area (Å²) in [4.78, 5) is 2.48. The number of nitrogens with one attached hydrogen (secondary N) is 1. The van der Waals surface area contributed by atoms with Crippen molar-refractivity contribution in [3.05, 3.63) is 35.9 Å². The highest BCUT2D eigenvalue weighted by atomic mass is 32.2. The third-order valence-electron chi connectivity index (χ3n) is 3.80. The maximum Gasteiger partial charge on any atom is 0.0535 e. The molecule has 1 aromatic rings. The van der Waals surface area contributed by atoms with Gasteiger partial charge in [-0.15, -0.1) is 0 Å². The Bertz CT molecular complexity index is 423. The van der Waals surface area contributed by atoms with Gasteiger partial charge in [0.15, 0.2) is 0 Å². The normalized spacial score (nSPS) is 26.2. The fraction of sp³-hybridized carbons (Fsp3) is 0.600. The van der Waals surface area contributed by atoms with E-state index in [4.69, 9.17) is 0 Å². The van der Waals surface area contributed by atoms with Crippen LogP contribution in [0, 0.1) is 0 Å². The molecule has 1 N–H and O–H groups in total. The molecule has 106 valence electrons. The molecule has 3 nitrogen and oxygen atoms in total. The summed E-state index contributed by atoms with van der Waals surface area (Å²) in [5.74, 6) is 0.811. The molecule has 1 aliphatic heterocycles. The van der Waals surface area contributed by atoms with Gasteiger partial charge in [-0.1, -0.05) is 30.3 Å². The van der Waals surface area contributed by atoms with E-state index in [-0.39, 0.29) is 5.54 Å². The zero-order chi connectivity index (χ0) is 13.7. The standard InChI is InChI=1S/C15H24N2OS/c1-15(14-7-4-3-5-8-14)13-17(11-9-16-15)10-6-12-19(2)18/h3-5,7-8,16H,6,9-13H2,1-2H3. The zero-order valence-electron chi connectivity index (χ0n) is 11.9. The van der Waals surface area contributed by atoms with Crippen LogP contribution in [0.25, 0.3) is 0 Å². The summed E-state index contributed by atoms with van der Waals surface area (Å²) >= 11 is 0. The highest BCUT2D eigenvalue weighted by molar-refractivity contribution is 7.84. The van der Waals surface area contributed by atoms with Crippen LogP contribution in [-0.2, 0) is 16.3 Å². The summed E-state index contributed by atoms with van der Waals surface area (Å²) < 4.78 is 11.1. The molecule has 0 amide bonds. The molecule has 2 unspecified atom stereocenters. The van der Waals surface area contributed by atoms with Crippen LogP contribution in [0.1, 0.15) is 18.9 Å². The Hall–Kier alpha value is -0.710. The Morgan fingerprint density at radius 1 is 1.37 bits per heavy atom.